The standard InChI is InChI=1S/C22H24FNO4S/c1-13(28-3)4-9-17-14(2)19(11-10-18(17)22(26)27)24-20(25)12-29-21(24)15-5-7-16(23)8-6-15/h5-8,10-11,13,21H,4,9,12H2,1-3H3,(H,26,27). The van der Waals surface area contributed by atoms with Gasteiger partial charge in [-0.2, -0.15) is 0 Å². The molecule has 2 unspecified atom stereocenters. The fourth-order valence-corrected chi connectivity index (χ4v) is 4.72. The van der Waals surface area contributed by atoms with Gasteiger partial charge in [-0.05, 0) is 67.6 Å². The molecule has 1 amide bonds. The summed E-state index contributed by atoms with van der Waals surface area (Å²) >= 11 is 1.48. The first-order valence-electron chi connectivity index (χ1n) is 9.41. The number of nitrogens with zero attached hydrogens (tertiary/aromatic N) is 1. The van der Waals surface area contributed by atoms with Gasteiger partial charge in [-0.1, -0.05) is 12.1 Å². The molecular weight excluding hydrogens is 393 g/mol. The van der Waals surface area contributed by atoms with Gasteiger partial charge in [0, 0.05) is 12.8 Å². The van der Waals surface area contributed by atoms with Crippen molar-refractivity contribution in [3.05, 3.63) is 64.5 Å². The maximum Gasteiger partial charge on any atom is 0.335 e. The van der Waals surface area contributed by atoms with Gasteiger partial charge in [0.05, 0.1) is 17.4 Å². The van der Waals surface area contributed by atoms with Crippen LogP contribution >= 0.6 is 11.8 Å². The number of thioether (sulfide) groups is 1. The lowest BCUT2D eigenvalue weighted by molar-refractivity contribution is -0.115. The first-order chi connectivity index (χ1) is 13.8. The summed E-state index contributed by atoms with van der Waals surface area (Å²) in [5.41, 5.74) is 3.25. The maximum absolute atomic E-state index is 13.3. The molecule has 0 aromatic heterocycles. The second-order valence-corrected chi connectivity index (χ2v) is 8.17. The average molecular weight is 418 g/mol. The minimum absolute atomic E-state index is 0.00404. The Kier molecular flexibility index (Phi) is 6.59. The molecule has 1 aliphatic rings. The first-order valence-corrected chi connectivity index (χ1v) is 10.5. The zero-order valence-electron chi connectivity index (χ0n) is 16.6. The van der Waals surface area contributed by atoms with Gasteiger partial charge in [0.25, 0.3) is 0 Å². The predicted octanol–water partition coefficient (Wildman–Crippen LogP) is 4.58. The number of aromatic carboxylic acids is 1. The van der Waals surface area contributed by atoms with Crippen LogP contribution in [0.1, 0.15) is 45.8 Å². The summed E-state index contributed by atoms with van der Waals surface area (Å²) in [6, 6.07) is 9.39. The molecule has 0 spiro atoms. The summed E-state index contributed by atoms with van der Waals surface area (Å²) in [7, 11) is 1.62. The number of methoxy groups -OCH3 is 1. The molecule has 2 aromatic carbocycles. The highest BCUT2D eigenvalue weighted by molar-refractivity contribution is 8.00. The maximum atomic E-state index is 13.3. The van der Waals surface area contributed by atoms with E-state index >= 15 is 0 Å². The highest BCUT2D eigenvalue weighted by Gasteiger charge is 2.35. The van der Waals surface area contributed by atoms with E-state index in [0.717, 1.165) is 11.1 Å². The van der Waals surface area contributed by atoms with Gasteiger partial charge >= 0.3 is 5.97 Å². The number of anilines is 1. The van der Waals surface area contributed by atoms with Crippen LogP contribution in [-0.4, -0.2) is 35.9 Å². The lowest BCUT2D eigenvalue weighted by atomic mass is 9.94. The van der Waals surface area contributed by atoms with Gasteiger partial charge in [0.2, 0.25) is 5.91 Å². The monoisotopic (exact) mass is 417 g/mol. The Morgan fingerprint density at radius 1 is 1.31 bits per heavy atom. The number of carboxylic acid groups (broad SMARTS) is 1. The zero-order chi connectivity index (χ0) is 21.1. The number of carbonyl (C=O) groups is 2. The number of rotatable bonds is 7. The Bertz CT molecular complexity index is 916. The molecule has 1 heterocycles. The van der Waals surface area contributed by atoms with Gasteiger partial charge in [0.15, 0.2) is 0 Å². The SMILES string of the molecule is COC(C)CCc1c(C(=O)O)ccc(N2C(=O)CSC2c2ccc(F)cc2)c1C. The molecule has 0 aliphatic carbocycles. The quantitative estimate of drug-likeness (QED) is 0.714. The van der Waals surface area contributed by atoms with E-state index in [-0.39, 0.29) is 28.8 Å². The molecule has 7 heteroatoms. The third-order valence-corrected chi connectivity index (χ3v) is 6.50. The topological polar surface area (TPSA) is 66.8 Å². The van der Waals surface area contributed by atoms with Crippen molar-refractivity contribution in [3.63, 3.8) is 0 Å². The Balaban J connectivity index is 2.02. The van der Waals surface area contributed by atoms with Crippen LogP contribution in [0.15, 0.2) is 36.4 Å². The normalized spacial score (nSPS) is 17.6. The van der Waals surface area contributed by atoms with Crippen LogP contribution in [-0.2, 0) is 16.0 Å². The molecule has 1 aliphatic heterocycles. The molecule has 1 N–H and O–H groups in total. The molecule has 1 saturated heterocycles. The van der Waals surface area contributed by atoms with Crippen molar-refractivity contribution in [1.29, 1.82) is 0 Å². The third-order valence-electron chi connectivity index (χ3n) is 5.29. The summed E-state index contributed by atoms with van der Waals surface area (Å²) in [4.78, 5) is 26.2. The molecule has 2 atom stereocenters. The third kappa shape index (κ3) is 4.46. The number of ether oxygens (including phenoxy) is 1. The predicted molar refractivity (Wildman–Crippen MR) is 112 cm³/mol. The smallest absolute Gasteiger partial charge is 0.335 e. The number of benzene rings is 2. The summed E-state index contributed by atoms with van der Waals surface area (Å²) in [6.07, 6.45) is 1.20. The summed E-state index contributed by atoms with van der Waals surface area (Å²) in [6.45, 7) is 3.79. The van der Waals surface area contributed by atoms with E-state index in [1.165, 1.54) is 23.9 Å². The number of halogens is 1. The minimum atomic E-state index is -0.989. The van der Waals surface area contributed by atoms with Gasteiger partial charge in [-0.3, -0.25) is 9.69 Å². The van der Waals surface area contributed by atoms with Gasteiger partial charge in [0.1, 0.15) is 11.2 Å². The molecule has 3 rings (SSSR count). The highest BCUT2D eigenvalue weighted by atomic mass is 32.2. The average Bonchev–Trinajstić information content (AvgIpc) is 3.08. The van der Waals surface area contributed by atoms with E-state index in [0.29, 0.717) is 29.8 Å². The Morgan fingerprint density at radius 3 is 2.62 bits per heavy atom. The van der Waals surface area contributed by atoms with Crippen molar-refractivity contribution in [1.82, 2.24) is 0 Å². The lowest BCUT2D eigenvalue weighted by Crippen LogP contribution is -2.29. The van der Waals surface area contributed by atoms with Crippen LogP contribution in [0, 0.1) is 12.7 Å². The van der Waals surface area contributed by atoms with Crippen LogP contribution < -0.4 is 4.90 Å². The second-order valence-electron chi connectivity index (χ2n) is 7.10. The summed E-state index contributed by atoms with van der Waals surface area (Å²) in [5, 5.41) is 9.35. The van der Waals surface area contributed by atoms with Crippen molar-refractivity contribution in [2.24, 2.45) is 0 Å². The fourth-order valence-electron chi connectivity index (χ4n) is 3.55. The summed E-state index contributed by atoms with van der Waals surface area (Å²) in [5.74, 6) is -1.05. The number of amides is 1. The number of hydrogen-bond acceptors (Lipinski definition) is 4. The fraction of sp³-hybridized carbons (Fsp3) is 0.364. The molecule has 0 bridgehead atoms. The molecule has 29 heavy (non-hydrogen) atoms. The number of hydrogen-bond donors (Lipinski definition) is 1. The molecule has 5 nitrogen and oxygen atoms in total. The highest BCUT2D eigenvalue weighted by Crippen LogP contribution is 2.43. The van der Waals surface area contributed by atoms with Crippen molar-refractivity contribution in [3.8, 4) is 0 Å². The molecular formula is C22H24FNO4S. The second kappa shape index (κ2) is 8.97. The molecule has 2 aromatic rings. The van der Waals surface area contributed by atoms with E-state index < -0.39 is 5.97 Å². The van der Waals surface area contributed by atoms with Gasteiger partial charge in [-0.25, -0.2) is 9.18 Å². The number of carbonyl (C=O) groups excluding carboxylic acids is 1. The minimum Gasteiger partial charge on any atom is -0.478 e. The summed E-state index contributed by atoms with van der Waals surface area (Å²) < 4.78 is 18.6. The molecule has 0 saturated carbocycles. The van der Waals surface area contributed by atoms with Crippen LogP contribution in [0.5, 0.6) is 0 Å². The molecule has 1 fully saturated rings. The van der Waals surface area contributed by atoms with Gasteiger partial charge in [-0.15, -0.1) is 11.8 Å². The molecule has 0 radical (unpaired) electrons. The van der Waals surface area contributed by atoms with E-state index in [1.54, 1.807) is 36.3 Å². The van der Waals surface area contributed by atoms with Crippen LogP contribution in [0.4, 0.5) is 10.1 Å². The van der Waals surface area contributed by atoms with Crippen molar-refractivity contribution in [2.45, 2.75) is 38.2 Å². The molecule has 154 valence electrons. The van der Waals surface area contributed by atoms with E-state index in [4.69, 9.17) is 4.74 Å². The van der Waals surface area contributed by atoms with E-state index in [1.807, 2.05) is 13.8 Å². The van der Waals surface area contributed by atoms with Crippen molar-refractivity contribution >= 4 is 29.3 Å². The lowest BCUT2D eigenvalue weighted by Gasteiger charge is -2.27. The van der Waals surface area contributed by atoms with Crippen molar-refractivity contribution < 1.29 is 23.8 Å². The zero-order valence-corrected chi connectivity index (χ0v) is 17.5. The largest absolute Gasteiger partial charge is 0.478 e. The van der Waals surface area contributed by atoms with Crippen LogP contribution in [0.25, 0.3) is 0 Å². The Labute approximate surface area is 173 Å². The number of carboxylic acids is 1. The van der Waals surface area contributed by atoms with Crippen LogP contribution in [0.2, 0.25) is 0 Å². The van der Waals surface area contributed by atoms with E-state index in [9.17, 15) is 19.1 Å². The van der Waals surface area contributed by atoms with Gasteiger partial charge < -0.3 is 9.84 Å². The van der Waals surface area contributed by atoms with Crippen molar-refractivity contribution in [2.75, 3.05) is 17.8 Å². The first kappa shape index (κ1) is 21.3. The Morgan fingerprint density at radius 2 is 2.00 bits per heavy atom. The Hall–Kier alpha value is -2.38. The van der Waals surface area contributed by atoms with E-state index in [2.05, 4.69) is 0 Å². The van der Waals surface area contributed by atoms with Crippen LogP contribution in [0.3, 0.4) is 0 Å².